The summed E-state index contributed by atoms with van der Waals surface area (Å²) in [6.45, 7) is 0. The van der Waals surface area contributed by atoms with E-state index in [9.17, 15) is 14.7 Å². The number of anilines is 1. The molecule has 3 rings (SSSR count). The first kappa shape index (κ1) is 14.5. The smallest absolute Gasteiger partial charge is 0.327 e. The Kier molecular flexibility index (Phi) is 3.99. The van der Waals surface area contributed by atoms with Crippen LogP contribution in [0.1, 0.15) is 12.8 Å². The largest absolute Gasteiger partial charge is 0.480 e. The molecule has 2 atom stereocenters. The molecule has 1 saturated heterocycles. The van der Waals surface area contributed by atoms with Crippen LogP contribution in [0.25, 0.3) is 0 Å². The van der Waals surface area contributed by atoms with E-state index < -0.39 is 18.0 Å². The lowest BCUT2D eigenvalue weighted by atomic mass is 10.2. The molecule has 2 unspecified atom stereocenters. The summed E-state index contributed by atoms with van der Waals surface area (Å²) in [6, 6.07) is 5.76. The Balaban J connectivity index is 1.79. The fourth-order valence-corrected chi connectivity index (χ4v) is 4.28. The predicted octanol–water partition coefficient (Wildman–Crippen LogP) is 3.11. The van der Waals surface area contributed by atoms with E-state index in [2.05, 4.69) is 5.32 Å². The maximum atomic E-state index is 12.5. The van der Waals surface area contributed by atoms with Crippen LogP contribution in [0.15, 0.2) is 24.3 Å². The summed E-state index contributed by atoms with van der Waals surface area (Å²) < 4.78 is 0. The van der Waals surface area contributed by atoms with Gasteiger partial charge in [0.25, 0.3) is 0 Å². The lowest BCUT2D eigenvalue weighted by Crippen LogP contribution is -2.48. The maximum Gasteiger partial charge on any atom is 0.327 e. The Morgan fingerprint density at radius 1 is 1.33 bits per heavy atom. The van der Waals surface area contributed by atoms with E-state index in [0.29, 0.717) is 22.4 Å². The van der Waals surface area contributed by atoms with Gasteiger partial charge in [-0.05, 0) is 30.9 Å². The van der Waals surface area contributed by atoms with Crippen molar-refractivity contribution in [3.05, 3.63) is 29.3 Å². The van der Waals surface area contributed by atoms with Crippen LogP contribution in [0.5, 0.6) is 0 Å². The fourth-order valence-electron chi connectivity index (χ4n) is 2.46. The van der Waals surface area contributed by atoms with Crippen molar-refractivity contribution in [2.24, 2.45) is 5.92 Å². The Hall–Kier alpha value is -1.40. The molecule has 0 spiro atoms. The van der Waals surface area contributed by atoms with Crippen LogP contribution >= 0.6 is 23.4 Å². The molecule has 1 aliphatic heterocycles. The Morgan fingerprint density at radius 3 is 2.67 bits per heavy atom. The molecular weight excluding hydrogens is 312 g/mol. The van der Waals surface area contributed by atoms with Gasteiger partial charge in [0.15, 0.2) is 0 Å². The van der Waals surface area contributed by atoms with Crippen LogP contribution in [0.2, 0.25) is 5.02 Å². The van der Waals surface area contributed by atoms with Crippen molar-refractivity contribution >= 4 is 41.1 Å². The maximum absolute atomic E-state index is 12.5. The lowest BCUT2D eigenvalue weighted by molar-refractivity contribution is -0.141. The molecule has 2 amide bonds. The normalized spacial score (nSPS) is 24.9. The molecule has 1 aliphatic carbocycles. The van der Waals surface area contributed by atoms with Crippen molar-refractivity contribution in [3.63, 3.8) is 0 Å². The van der Waals surface area contributed by atoms with E-state index in [1.807, 2.05) is 0 Å². The molecule has 0 bridgehead atoms. The number of rotatable bonds is 3. The monoisotopic (exact) mass is 326 g/mol. The number of hydrogen-bond acceptors (Lipinski definition) is 3. The van der Waals surface area contributed by atoms with Gasteiger partial charge in [-0.2, -0.15) is 0 Å². The average molecular weight is 327 g/mol. The lowest BCUT2D eigenvalue weighted by Gasteiger charge is -2.27. The van der Waals surface area contributed by atoms with E-state index >= 15 is 0 Å². The minimum Gasteiger partial charge on any atom is -0.480 e. The number of nitrogens with one attached hydrogen (secondary N) is 1. The number of carboxylic acid groups (broad SMARTS) is 1. The molecule has 1 aromatic carbocycles. The van der Waals surface area contributed by atoms with Crippen LogP contribution in [0.3, 0.4) is 0 Å². The number of halogens is 1. The fraction of sp³-hybridized carbons (Fsp3) is 0.429. The highest BCUT2D eigenvalue weighted by Gasteiger charge is 2.48. The zero-order valence-corrected chi connectivity index (χ0v) is 12.7. The molecule has 2 N–H and O–H groups in total. The summed E-state index contributed by atoms with van der Waals surface area (Å²) in [5, 5.41) is 12.4. The highest BCUT2D eigenvalue weighted by molar-refractivity contribution is 8.00. The number of carbonyl (C=O) groups excluding carboxylic acids is 1. The quantitative estimate of drug-likeness (QED) is 0.895. The zero-order valence-electron chi connectivity index (χ0n) is 11.2. The predicted molar refractivity (Wildman–Crippen MR) is 82.7 cm³/mol. The van der Waals surface area contributed by atoms with Crippen LogP contribution < -0.4 is 5.32 Å². The molecule has 7 heteroatoms. The van der Waals surface area contributed by atoms with Crippen molar-refractivity contribution in [1.29, 1.82) is 0 Å². The number of nitrogens with zero attached hydrogens (tertiary/aromatic N) is 1. The molecule has 0 radical (unpaired) electrons. The van der Waals surface area contributed by atoms with Crippen molar-refractivity contribution in [2.75, 3.05) is 11.1 Å². The van der Waals surface area contributed by atoms with Gasteiger partial charge in [-0.1, -0.05) is 23.7 Å². The van der Waals surface area contributed by atoms with Crippen molar-refractivity contribution in [3.8, 4) is 0 Å². The average Bonchev–Trinajstić information content (AvgIpc) is 3.19. The SMILES string of the molecule is O=C(O)C1CSC(C2CC2)N1C(=O)Nc1ccccc1Cl. The van der Waals surface area contributed by atoms with Crippen LogP contribution in [-0.2, 0) is 4.79 Å². The Labute approximate surface area is 131 Å². The van der Waals surface area contributed by atoms with E-state index in [4.69, 9.17) is 11.6 Å². The van der Waals surface area contributed by atoms with Gasteiger partial charge in [-0.3, -0.25) is 4.90 Å². The second-order valence-corrected chi connectivity index (χ2v) is 6.79. The number of thioether (sulfide) groups is 1. The van der Waals surface area contributed by atoms with Gasteiger partial charge < -0.3 is 10.4 Å². The topological polar surface area (TPSA) is 69.6 Å². The molecule has 112 valence electrons. The molecule has 2 aliphatic rings. The molecule has 0 aromatic heterocycles. The van der Waals surface area contributed by atoms with Crippen molar-refractivity contribution < 1.29 is 14.7 Å². The first-order valence-corrected chi connectivity index (χ1v) is 8.19. The Morgan fingerprint density at radius 2 is 2.05 bits per heavy atom. The van der Waals surface area contributed by atoms with Gasteiger partial charge >= 0.3 is 12.0 Å². The second-order valence-electron chi connectivity index (χ2n) is 5.23. The summed E-state index contributed by atoms with van der Waals surface area (Å²) in [4.78, 5) is 25.3. The van der Waals surface area contributed by atoms with Crippen LogP contribution in [0.4, 0.5) is 10.5 Å². The number of para-hydroxylation sites is 1. The van der Waals surface area contributed by atoms with Gasteiger partial charge in [-0.15, -0.1) is 11.8 Å². The van der Waals surface area contributed by atoms with Crippen LogP contribution in [0, 0.1) is 5.92 Å². The number of benzene rings is 1. The molecule has 2 fully saturated rings. The summed E-state index contributed by atoms with van der Waals surface area (Å²) in [5.41, 5.74) is 0.500. The van der Waals surface area contributed by atoms with Crippen molar-refractivity contribution in [1.82, 2.24) is 4.90 Å². The van der Waals surface area contributed by atoms with Gasteiger partial charge in [0.1, 0.15) is 6.04 Å². The van der Waals surface area contributed by atoms with Gasteiger partial charge in [0.05, 0.1) is 16.1 Å². The number of carboxylic acids is 1. The molecule has 5 nitrogen and oxygen atoms in total. The summed E-state index contributed by atoms with van der Waals surface area (Å²) in [7, 11) is 0. The minimum atomic E-state index is -0.958. The number of carbonyl (C=O) groups is 2. The second kappa shape index (κ2) is 5.77. The van der Waals surface area contributed by atoms with Gasteiger partial charge in [0.2, 0.25) is 0 Å². The molecule has 1 saturated carbocycles. The first-order chi connectivity index (χ1) is 10.1. The van der Waals surface area contributed by atoms with E-state index in [1.54, 1.807) is 36.0 Å². The standard InChI is InChI=1S/C14H15ClN2O3S/c15-9-3-1-2-4-10(9)16-14(20)17-11(13(18)19)7-21-12(17)8-5-6-8/h1-4,8,11-12H,5-7H2,(H,16,20)(H,18,19). The minimum absolute atomic E-state index is 0.0476. The molecule has 1 aromatic rings. The summed E-state index contributed by atoms with van der Waals surface area (Å²) in [6.07, 6.45) is 2.11. The van der Waals surface area contributed by atoms with Crippen molar-refractivity contribution in [2.45, 2.75) is 24.3 Å². The highest BCUT2D eigenvalue weighted by atomic mass is 35.5. The summed E-state index contributed by atoms with van der Waals surface area (Å²) >= 11 is 7.58. The van der Waals surface area contributed by atoms with E-state index in [-0.39, 0.29) is 5.37 Å². The number of hydrogen-bond donors (Lipinski definition) is 2. The zero-order chi connectivity index (χ0) is 15.0. The van der Waals surface area contributed by atoms with E-state index in [1.165, 1.54) is 4.90 Å². The first-order valence-electron chi connectivity index (χ1n) is 6.76. The molecular formula is C14H15ClN2O3S. The third kappa shape index (κ3) is 2.96. The number of urea groups is 1. The third-order valence-corrected chi connectivity index (χ3v) is 5.49. The molecule has 21 heavy (non-hydrogen) atoms. The van der Waals surface area contributed by atoms with E-state index in [0.717, 1.165) is 12.8 Å². The highest BCUT2D eigenvalue weighted by Crippen LogP contribution is 2.45. The summed E-state index contributed by atoms with van der Waals surface area (Å²) in [5.74, 6) is -0.108. The van der Waals surface area contributed by atoms with Gasteiger partial charge in [0, 0.05) is 5.75 Å². The van der Waals surface area contributed by atoms with Gasteiger partial charge in [-0.25, -0.2) is 9.59 Å². The molecule has 1 heterocycles. The number of aliphatic carboxylic acids is 1. The number of amides is 2. The van der Waals surface area contributed by atoms with Crippen LogP contribution in [-0.4, -0.2) is 39.2 Å². The third-order valence-electron chi connectivity index (χ3n) is 3.70. The Bertz CT molecular complexity index is 579.